The first-order chi connectivity index (χ1) is 8.93. The largest absolute Gasteiger partial charge is 0.481 e. The molecule has 0 fully saturated rings. The number of ether oxygens (including phenoxy) is 1. The molecule has 5 heteroatoms. The lowest BCUT2D eigenvalue weighted by atomic mass is 10.1. The minimum Gasteiger partial charge on any atom is -0.481 e. The number of carbonyl (C=O) groups excluding carboxylic acids is 1. The van der Waals surface area contributed by atoms with Crippen LogP contribution in [-0.4, -0.2) is 30.3 Å². The van der Waals surface area contributed by atoms with E-state index in [1.807, 2.05) is 13.8 Å². The van der Waals surface area contributed by atoms with Crippen molar-refractivity contribution in [2.24, 2.45) is 5.92 Å². The fourth-order valence-electron chi connectivity index (χ4n) is 1.46. The number of amides is 1. The van der Waals surface area contributed by atoms with Crippen LogP contribution in [0.1, 0.15) is 19.4 Å². The second-order valence-corrected chi connectivity index (χ2v) is 4.74. The van der Waals surface area contributed by atoms with Crippen molar-refractivity contribution in [3.63, 3.8) is 0 Å². The summed E-state index contributed by atoms with van der Waals surface area (Å²) in [6, 6.07) is 4.32. The third kappa shape index (κ3) is 4.87. The van der Waals surface area contributed by atoms with Crippen molar-refractivity contribution in [2.45, 2.75) is 26.8 Å². The van der Waals surface area contributed by atoms with E-state index in [0.29, 0.717) is 0 Å². The van der Waals surface area contributed by atoms with Crippen LogP contribution >= 0.6 is 0 Å². The molecule has 0 aliphatic carbocycles. The van der Waals surface area contributed by atoms with E-state index in [4.69, 9.17) is 9.84 Å². The van der Waals surface area contributed by atoms with Crippen LogP contribution in [0.3, 0.4) is 0 Å². The highest BCUT2D eigenvalue weighted by Gasteiger charge is 2.14. The lowest BCUT2D eigenvalue weighted by Crippen LogP contribution is -2.40. The third-order valence-corrected chi connectivity index (χ3v) is 2.98. The van der Waals surface area contributed by atoms with Gasteiger partial charge in [-0.05, 0) is 37.5 Å². The average Bonchev–Trinajstić information content (AvgIpc) is 2.38. The number of hydrogen-bond acceptors (Lipinski definition) is 3. The molecular formula is C14H20FNO3. The molecule has 2 atom stereocenters. The van der Waals surface area contributed by atoms with Gasteiger partial charge in [-0.2, -0.15) is 0 Å². The van der Waals surface area contributed by atoms with Crippen LogP contribution in [-0.2, 0) is 4.79 Å². The zero-order valence-electron chi connectivity index (χ0n) is 11.4. The molecule has 0 bridgehead atoms. The molecule has 0 aliphatic rings. The fraction of sp³-hybridized carbons (Fsp3) is 0.500. The van der Waals surface area contributed by atoms with Crippen LogP contribution in [0, 0.1) is 18.7 Å². The Morgan fingerprint density at radius 2 is 2.16 bits per heavy atom. The van der Waals surface area contributed by atoms with Crippen LogP contribution in [0.25, 0.3) is 0 Å². The van der Waals surface area contributed by atoms with E-state index in [0.717, 1.165) is 5.56 Å². The molecule has 0 aromatic heterocycles. The molecule has 1 amide bonds. The fourth-order valence-corrected chi connectivity index (χ4v) is 1.46. The summed E-state index contributed by atoms with van der Waals surface area (Å²) in [6.45, 7) is 5.19. The SMILES string of the molecule is Cc1ccc(F)c(OCC(=O)NC(C)C(C)CO)c1. The van der Waals surface area contributed by atoms with Crippen molar-refractivity contribution < 1.29 is 19.0 Å². The van der Waals surface area contributed by atoms with Crippen molar-refractivity contribution in [2.75, 3.05) is 13.2 Å². The number of aliphatic hydroxyl groups is 1. The van der Waals surface area contributed by atoms with Gasteiger partial charge in [0.25, 0.3) is 5.91 Å². The summed E-state index contributed by atoms with van der Waals surface area (Å²) in [5.41, 5.74) is 0.860. The summed E-state index contributed by atoms with van der Waals surface area (Å²) in [7, 11) is 0. The van der Waals surface area contributed by atoms with E-state index in [2.05, 4.69) is 5.32 Å². The molecule has 0 aliphatic heterocycles. The van der Waals surface area contributed by atoms with Crippen molar-refractivity contribution in [1.29, 1.82) is 0 Å². The maximum absolute atomic E-state index is 13.4. The van der Waals surface area contributed by atoms with Crippen molar-refractivity contribution in [3.8, 4) is 5.75 Å². The van der Waals surface area contributed by atoms with E-state index in [1.54, 1.807) is 19.1 Å². The molecule has 1 aromatic rings. The summed E-state index contributed by atoms with van der Waals surface area (Å²) in [5, 5.41) is 11.6. The smallest absolute Gasteiger partial charge is 0.258 e. The van der Waals surface area contributed by atoms with Crippen molar-refractivity contribution in [3.05, 3.63) is 29.6 Å². The van der Waals surface area contributed by atoms with Gasteiger partial charge in [0, 0.05) is 12.6 Å². The van der Waals surface area contributed by atoms with Crippen LogP contribution in [0.4, 0.5) is 4.39 Å². The van der Waals surface area contributed by atoms with Gasteiger partial charge in [0.05, 0.1) is 0 Å². The Labute approximate surface area is 112 Å². The number of aliphatic hydroxyl groups excluding tert-OH is 1. The van der Waals surface area contributed by atoms with Crippen LogP contribution in [0.2, 0.25) is 0 Å². The molecular weight excluding hydrogens is 249 g/mol. The van der Waals surface area contributed by atoms with E-state index in [9.17, 15) is 9.18 Å². The summed E-state index contributed by atoms with van der Waals surface area (Å²) in [5.74, 6) is -0.804. The molecule has 106 valence electrons. The first-order valence-corrected chi connectivity index (χ1v) is 6.23. The minimum absolute atomic E-state index is 0.00515. The highest BCUT2D eigenvalue weighted by atomic mass is 19.1. The molecule has 0 radical (unpaired) electrons. The van der Waals surface area contributed by atoms with Gasteiger partial charge in [-0.1, -0.05) is 13.0 Å². The zero-order valence-corrected chi connectivity index (χ0v) is 11.4. The minimum atomic E-state index is -0.491. The van der Waals surface area contributed by atoms with E-state index < -0.39 is 5.82 Å². The predicted octanol–water partition coefficient (Wildman–Crippen LogP) is 1.65. The Morgan fingerprint density at radius 1 is 1.47 bits per heavy atom. The monoisotopic (exact) mass is 269 g/mol. The van der Waals surface area contributed by atoms with E-state index >= 15 is 0 Å². The molecule has 0 saturated carbocycles. The van der Waals surface area contributed by atoms with Crippen molar-refractivity contribution >= 4 is 5.91 Å². The van der Waals surface area contributed by atoms with Crippen LogP contribution in [0.15, 0.2) is 18.2 Å². The lowest BCUT2D eigenvalue weighted by molar-refractivity contribution is -0.124. The molecule has 0 saturated heterocycles. The van der Waals surface area contributed by atoms with E-state index in [-0.39, 0.29) is 36.8 Å². The van der Waals surface area contributed by atoms with Gasteiger partial charge in [0.1, 0.15) is 0 Å². The summed E-state index contributed by atoms with van der Waals surface area (Å²) >= 11 is 0. The van der Waals surface area contributed by atoms with Gasteiger partial charge in [-0.3, -0.25) is 4.79 Å². The Bertz CT molecular complexity index is 437. The van der Waals surface area contributed by atoms with Crippen LogP contribution < -0.4 is 10.1 Å². The maximum atomic E-state index is 13.4. The second-order valence-electron chi connectivity index (χ2n) is 4.74. The Balaban J connectivity index is 2.48. The first kappa shape index (κ1) is 15.4. The number of benzene rings is 1. The van der Waals surface area contributed by atoms with Gasteiger partial charge < -0.3 is 15.2 Å². The lowest BCUT2D eigenvalue weighted by Gasteiger charge is -2.19. The molecule has 4 nitrogen and oxygen atoms in total. The first-order valence-electron chi connectivity index (χ1n) is 6.23. The number of aryl methyl sites for hydroxylation is 1. The quantitative estimate of drug-likeness (QED) is 0.825. The zero-order chi connectivity index (χ0) is 14.4. The molecule has 0 heterocycles. The predicted molar refractivity (Wildman–Crippen MR) is 70.5 cm³/mol. The van der Waals surface area contributed by atoms with Crippen molar-refractivity contribution in [1.82, 2.24) is 5.32 Å². The molecule has 0 spiro atoms. The number of carbonyl (C=O) groups is 1. The molecule has 1 rings (SSSR count). The second kappa shape index (κ2) is 7.09. The number of halogens is 1. The average molecular weight is 269 g/mol. The Morgan fingerprint density at radius 3 is 2.79 bits per heavy atom. The van der Waals surface area contributed by atoms with Gasteiger partial charge in [-0.15, -0.1) is 0 Å². The van der Waals surface area contributed by atoms with E-state index in [1.165, 1.54) is 6.07 Å². The Kier molecular flexibility index (Phi) is 5.76. The van der Waals surface area contributed by atoms with Gasteiger partial charge >= 0.3 is 0 Å². The standard InChI is InChI=1S/C14H20FNO3/c1-9-4-5-12(15)13(6-9)19-8-14(18)16-11(3)10(2)7-17/h4-6,10-11,17H,7-8H2,1-3H3,(H,16,18). The molecule has 1 aromatic carbocycles. The molecule has 19 heavy (non-hydrogen) atoms. The van der Waals surface area contributed by atoms with Gasteiger partial charge in [-0.25, -0.2) is 4.39 Å². The number of hydrogen-bond donors (Lipinski definition) is 2. The highest BCUT2D eigenvalue weighted by molar-refractivity contribution is 5.77. The number of nitrogens with one attached hydrogen (secondary N) is 1. The van der Waals surface area contributed by atoms with Gasteiger partial charge in [0.2, 0.25) is 0 Å². The van der Waals surface area contributed by atoms with Crippen LogP contribution in [0.5, 0.6) is 5.75 Å². The number of rotatable bonds is 6. The Hall–Kier alpha value is -1.62. The third-order valence-electron chi connectivity index (χ3n) is 2.98. The summed E-state index contributed by atoms with van der Waals surface area (Å²) in [4.78, 5) is 11.6. The highest BCUT2D eigenvalue weighted by Crippen LogP contribution is 2.18. The maximum Gasteiger partial charge on any atom is 0.258 e. The molecule has 2 N–H and O–H groups in total. The normalized spacial score (nSPS) is 13.7. The molecule has 2 unspecified atom stereocenters. The summed E-state index contributed by atoms with van der Waals surface area (Å²) < 4.78 is 18.5. The summed E-state index contributed by atoms with van der Waals surface area (Å²) in [6.07, 6.45) is 0. The van der Waals surface area contributed by atoms with Gasteiger partial charge in [0.15, 0.2) is 18.2 Å². The topological polar surface area (TPSA) is 58.6 Å².